The molecule has 3 nitrogen and oxygen atoms in total. The van der Waals surface area contributed by atoms with E-state index >= 15 is 0 Å². The summed E-state index contributed by atoms with van der Waals surface area (Å²) in [7, 11) is 0. The molecule has 1 rings (SSSR count). The van der Waals surface area contributed by atoms with Crippen molar-refractivity contribution in [1.82, 2.24) is 4.90 Å². The van der Waals surface area contributed by atoms with E-state index in [2.05, 4.69) is 6.58 Å². The smallest absolute Gasteiger partial charge is 0.407 e. The number of likely N-dealkylation sites (tertiary alicyclic amines) is 1. The van der Waals surface area contributed by atoms with Crippen LogP contribution in [0.25, 0.3) is 0 Å². The molecule has 0 radical (unpaired) electrons. The van der Waals surface area contributed by atoms with Gasteiger partial charge >= 0.3 is 6.09 Å². The van der Waals surface area contributed by atoms with Crippen LogP contribution in [-0.4, -0.2) is 28.2 Å². The van der Waals surface area contributed by atoms with Crippen molar-refractivity contribution in [2.24, 2.45) is 0 Å². The Kier molecular flexibility index (Phi) is 2.40. The van der Waals surface area contributed by atoms with Crippen LogP contribution in [0.4, 0.5) is 4.79 Å². The van der Waals surface area contributed by atoms with E-state index in [0.717, 1.165) is 18.4 Å². The van der Waals surface area contributed by atoms with Gasteiger partial charge in [0.15, 0.2) is 0 Å². The first-order chi connectivity index (χ1) is 5.52. The van der Waals surface area contributed by atoms with E-state index in [0.29, 0.717) is 0 Å². The van der Waals surface area contributed by atoms with Crippen LogP contribution < -0.4 is 0 Å². The van der Waals surface area contributed by atoms with Crippen LogP contribution in [0.1, 0.15) is 26.7 Å². The monoisotopic (exact) mass is 169 g/mol. The second-order valence-electron chi connectivity index (χ2n) is 3.55. The third kappa shape index (κ3) is 1.60. The summed E-state index contributed by atoms with van der Waals surface area (Å²) in [6.45, 7) is 7.74. The summed E-state index contributed by atoms with van der Waals surface area (Å²) in [6.07, 6.45) is 0.787. The highest BCUT2D eigenvalue weighted by atomic mass is 16.4. The lowest BCUT2D eigenvalue weighted by Gasteiger charge is -2.37. The molecule has 0 aliphatic carbocycles. The maximum Gasteiger partial charge on any atom is 0.407 e. The molecule has 1 heterocycles. The molecule has 3 heteroatoms. The number of hydrogen-bond acceptors (Lipinski definition) is 1. The third-order valence-electron chi connectivity index (χ3n) is 2.34. The Morgan fingerprint density at radius 1 is 1.50 bits per heavy atom. The van der Waals surface area contributed by atoms with Crippen LogP contribution in [0.15, 0.2) is 12.2 Å². The minimum absolute atomic E-state index is 0.0822. The van der Waals surface area contributed by atoms with Crippen molar-refractivity contribution in [3.05, 3.63) is 12.2 Å². The minimum Gasteiger partial charge on any atom is -0.465 e. The van der Waals surface area contributed by atoms with Gasteiger partial charge in [-0.15, -0.1) is 0 Å². The van der Waals surface area contributed by atoms with Crippen molar-refractivity contribution in [1.29, 1.82) is 0 Å². The zero-order chi connectivity index (χ0) is 9.30. The van der Waals surface area contributed by atoms with E-state index in [1.807, 2.05) is 13.8 Å². The largest absolute Gasteiger partial charge is 0.465 e. The predicted octanol–water partition coefficient (Wildman–Crippen LogP) is 2.09. The van der Waals surface area contributed by atoms with E-state index in [4.69, 9.17) is 5.11 Å². The van der Waals surface area contributed by atoms with Crippen LogP contribution in [-0.2, 0) is 0 Å². The van der Waals surface area contributed by atoms with Crippen molar-refractivity contribution in [2.75, 3.05) is 0 Å². The highest BCUT2D eigenvalue weighted by Crippen LogP contribution is 2.25. The molecule has 12 heavy (non-hydrogen) atoms. The molecule has 1 aliphatic rings. The molecule has 0 aromatic carbocycles. The van der Waals surface area contributed by atoms with E-state index in [-0.39, 0.29) is 12.1 Å². The fourth-order valence-corrected chi connectivity index (χ4v) is 1.93. The lowest BCUT2D eigenvalue weighted by molar-refractivity contribution is 0.0964. The Morgan fingerprint density at radius 3 is 2.25 bits per heavy atom. The molecule has 0 aromatic heterocycles. The third-order valence-corrected chi connectivity index (χ3v) is 2.34. The topological polar surface area (TPSA) is 40.5 Å². The fraction of sp³-hybridized carbons (Fsp3) is 0.667. The molecule has 1 N–H and O–H groups in total. The molecule has 0 bridgehead atoms. The number of rotatable bonds is 0. The van der Waals surface area contributed by atoms with Gasteiger partial charge in [0.1, 0.15) is 0 Å². The van der Waals surface area contributed by atoms with Gasteiger partial charge in [0.25, 0.3) is 0 Å². The Balaban J connectivity index is 2.73. The molecule has 0 spiro atoms. The number of piperidine rings is 1. The van der Waals surface area contributed by atoms with Crippen LogP contribution in [0.3, 0.4) is 0 Å². The van der Waals surface area contributed by atoms with Crippen molar-refractivity contribution >= 4 is 6.09 Å². The van der Waals surface area contributed by atoms with Gasteiger partial charge in [-0.1, -0.05) is 12.2 Å². The molecule has 1 amide bonds. The maximum atomic E-state index is 10.8. The molecular formula is C9H15NO2. The summed E-state index contributed by atoms with van der Waals surface area (Å²) in [4.78, 5) is 12.3. The van der Waals surface area contributed by atoms with Crippen molar-refractivity contribution < 1.29 is 9.90 Å². The van der Waals surface area contributed by atoms with Crippen molar-refractivity contribution in [3.63, 3.8) is 0 Å². The lowest BCUT2D eigenvalue weighted by Crippen LogP contribution is -2.47. The van der Waals surface area contributed by atoms with Crippen molar-refractivity contribution in [2.45, 2.75) is 38.8 Å². The Hall–Kier alpha value is -0.990. The molecule has 1 saturated heterocycles. The zero-order valence-electron chi connectivity index (χ0n) is 7.58. The van der Waals surface area contributed by atoms with Crippen LogP contribution >= 0.6 is 0 Å². The summed E-state index contributed by atoms with van der Waals surface area (Å²) in [6, 6.07) is 0.164. The predicted molar refractivity (Wildman–Crippen MR) is 47.2 cm³/mol. The van der Waals surface area contributed by atoms with Crippen LogP contribution in [0.2, 0.25) is 0 Å². The van der Waals surface area contributed by atoms with Crippen LogP contribution in [0.5, 0.6) is 0 Å². The first kappa shape index (κ1) is 9.10. The Morgan fingerprint density at radius 2 is 1.92 bits per heavy atom. The summed E-state index contributed by atoms with van der Waals surface area (Å²) < 4.78 is 0. The summed E-state index contributed by atoms with van der Waals surface area (Å²) in [5, 5.41) is 8.86. The second-order valence-corrected chi connectivity index (χ2v) is 3.55. The number of carboxylic acid groups (broad SMARTS) is 1. The van der Waals surface area contributed by atoms with Gasteiger partial charge < -0.3 is 10.0 Å². The number of hydrogen-bond donors (Lipinski definition) is 1. The van der Waals surface area contributed by atoms with E-state index in [1.54, 1.807) is 0 Å². The molecule has 68 valence electrons. The van der Waals surface area contributed by atoms with Gasteiger partial charge in [-0.25, -0.2) is 4.79 Å². The molecule has 0 unspecified atom stereocenters. The SMILES string of the molecule is C=C1C[C@@H](C)N(C(=O)O)[C@H](C)C1. The maximum absolute atomic E-state index is 10.8. The lowest BCUT2D eigenvalue weighted by atomic mass is 9.94. The van der Waals surface area contributed by atoms with E-state index < -0.39 is 6.09 Å². The molecule has 1 aliphatic heterocycles. The molecule has 1 fully saturated rings. The first-order valence-corrected chi connectivity index (χ1v) is 4.20. The summed E-state index contributed by atoms with van der Waals surface area (Å²) >= 11 is 0. The Bertz CT molecular complexity index is 199. The number of amides is 1. The van der Waals surface area contributed by atoms with E-state index in [9.17, 15) is 4.79 Å². The summed E-state index contributed by atoms with van der Waals surface area (Å²) in [5.41, 5.74) is 1.16. The van der Waals surface area contributed by atoms with Gasteiger partial charge in [-0.2, -0.15) is 0 Å². The zero-order valence-corrected chi connectivity index (χ0v) is 7.58. The fourth-order valence-electron chi connectivity index (χ4n) is 1.93. The molecule has 2 atom stereocenters. The van der Waals surface area contributed by atoms with Gasteiger partial charge in [0, 0.05) is 12.1 Å². The first-order valence-electron chi connectivity index (χ1n) is 4.20. The van der Waals surface area contributed by atoms with E-state index in [1.165, 1.54) is 4.90 Å². The quantitative estimate of drug-likeness (QED) is 0.564. The summed E-state index contributed by atoms with van der Waals surface area (Å²) in [5.74, 6) is 0. The standard InChI is InChI=1S/C9H15NO2/c1-6-4-7(2)10(9(11)12)8(3)5-6/h7-8H,1,4-5H2,2-3H3,(H,11,12)/t7-,8-/m1/s1. The highest BCUT2D eigenvalue weighted by Gasteiger charge is 2.29. The van der Waals surface area contributed by atoms with Crippen molar-refractivity contribution in [3.8, 4) is 0 Å². The normalized spacial score (nSPS) is 30.5. The number of carbonyl (C=O) groups is 1. The Labute approximate surface area is 72.7 Å². The van der Waals surface area contributed by atoms with Gasteiger partial charge in [-0.05, 0) is 26.7 Å². The van der Waals surface area contributed by atoms with Crippen LogP contribution in [0, 0.1) is 0 Å². The molecule has 0 saturated carbocycles. The average molecular weight is 169 g/mol. The van der Waals surface area contributed by atoms with Gasteiger partial charge in [0.2, 0.25) is 0 Å². The number of nitrogens with zero attached hydrogens (tertiary/aromatic N) is 1. The molecule has 0 aromatic rings. The second kappa shape index (κ2) is 3.17. The minimum atomic E-state index is -0.817. The van der Waals surface area contributed by atoms with Gasteiger partial charge in [-0.3, -0.25) is 0 Å². The average Bonchev–Trinajstić information content (AvgIpc) is 1.82. The molecular weight excluding hydrogens is 154 g/mol. The highest BCUT2D eigenvalue weighted by molar-refractivity contribution is 5.66. The van der Waals surface area contributed by atoms with Gasteiger partial charge in [0.05, 0.1) is 0 Å².